The second-order valence-corrected chi connectivity index (χ2v) is 19.0. The summed E-state index contributed by atoms with van der Waals surface area (Å²) in [6.45, 7) is 16.2. The van der Waals surface area contributed by atoms with Crippen molar-refractivity contribution in [2.24, 2.45) is 0 Å². The van der Waals surface area contributed by atoms with Crippen LogP contribution in [-0.4, -0.2) is 19.6 Å². The maximum Gasteiger partial charge on any atom is 0.149 e. The van der Waals surface area contributed by atoms with E-state index in [9.17, 15) is 6.48 Å². The normalized spacial score (nSPS) is 15.8. The second kappa shape index (κ2) is 17.4. The number of hydrogen-bond donors (Lipinski definition) is 1. The molecular weight excluding hydrogens is 779 g/mol. The van der Waals surface area contributed by atoms with Gasteiger partial charge in [-0.2, -0.15) is 0 Å². The second-order valence-electron chi connectivity index (χ2n) is 19.0. The van der Waals surface area contributed by atoms with Crippen molar-refractivity contribution in [3.63, 3.8) is 0 Å². The molecule has 8 rings (SSSR count). The Bertz CT molecular complexity index is 3680. The fourth-order valence-electron chi connectivity index (χ4n) is 8.10. The van der Waals surface area contributed by atoms with Gasteiger partial charge in [0.15, 0.2) is 0 Å². The molecule has 0 aliphatic heterocycles. The molecular formula is C60H65N3O. The van der Waals surface area contributed by atoms with Crippen molar-refractivity contribution in [1.29, 1.82) is 0 Å². The summed E-state index contributed by atoms with van der Waals surface area (Å²) in [5, 5.41) is 12.4. The maximum atomic E-state index is 12.4. The first-order valence-corrected chi connectivity index (χ1v) is 22.0. The molecule has 0 aliphatic rings. The summed E-state index contributed by atoms with van der Waals surface area (Å²) >= 11 is 0. The Hall–Kier alpha value is -6.26. The maximum absolute atomic E-state index is 12.4. The summed E-state index contributed by atoms with van der Waals surface area (Å²) in [5.41, 5.74) is 6.32. The molecule has 0 saturated heterocycles. The third kappa shape index (κ3) is 8.68. The number of aryl methyl sites for hydroxylation is 1. The van der Waals surface area contributed by atoms with Crippen LogP contribution >= 0.6 is 0 Å². The van der Waals surface area contributed by atoms with E-state index < -0.39 is 84.1 Å². The van der Waals surface area contributed by atoms with Crippen molar-refractivity contribution in [2.75, 3.05) is 0 Å². The van der Waals surface area contributed by atoms with Crippen molar-refractivity contribution in [3.8, 4) is 67.5 Å². The minimum Gasteiger partial charge on any atom is -0.507 e. The van der Waals surface area contributed by atoms with E-state index in [0.717, 1.165) is 27.8 Å². The number of aromatic nitrogens is 3. The van der Waals surface area contributed by atoms with Crippen LogP contribution in [0.1, 0.15) is 158 Å². The number of hydrogen-bond acceptors (Lipinski definition) is 3. The van der Waals surface area contributed by atoms with Gasteiger partial charge in [-0.3, -0.25) is 9.55 Å². The Morgan fingerprint density at radius 3 is 2.03 bits per heavy atom. The lowest BCUT2D eigenvalue weighted by molar-refractivity contribution is 0.466. The van der Waals surface area contributed by atoms with Gasteiger partial charge in [-0.05, 0) is 152 Å². The van der Waals surface area contributed by atoms with Crippen LogP contribution in [0.2, 0.25) is 0 Å². The van der Waals surface area contributed by atoms with Crippen LogP contribution in [0, 0.1) is 13.7 Å². The number of para-hydroxylation sites is 1. The number of fused-ring (bicyclic) bond motifs is 1. The van der Waals surface area contributed by atoms with E-state index in [-0.39, 0.29) is 40.6 Å². The van der Waals surface area contributed by atoms with Crippen LogP contribution in [0.15, 0.2) is 127 Å². The Morgan fingerprint density at radius 1 is 0.641 bits per heavy atom. The number of imidazole rings is 1. The zero-order chi connectivity index (χ0) is 57.8. The van der Waals surface area contributed by atoms with Crippen molar-refractivity contribution < 1.29 is 24.3 Å². The largest absolute Gasteiger partial charge is 0.507 e. The highest BCUT2D eigenvalue weighted by Crippen LogP contribution is 2.44. The van der Waals surface area contributed by atoms with E-state index in [1.54, 1.807) is 28.8 Å². The number of phenols is 1. The summed E-state index contributed by atoms with van der Waals surface area (Å²) in [6.07, 6.45) is -0.616. The van der Waals surface area contributed by atoms with E-state index >= 15 is 0 Å². The summed E-state index contributed by atoms with van der Waals surface area (Å²) < 4.78 is 124. The van der Waals surface area contributed by atoms with Crippen LogP contribution in [-0.2, 0) is 5.41 Å². The van der Waals surface area contributed by atoms with Crippen molar-refractivity contribution in [3.05, 3.63) is 166 Å². The molecule has 6 aromatic carbocycles. The average Bonchev–Trinajstić information content (AvgIpc) is 3.73. The monoisotopic (exact) mass is 858 g/mol. The number of phenolic OH excluding ortho intramolecular Hbond substituents is 1. The third-order valence-electron chi connectivity index (χ3n) is 12.0. The highest BCUT2D eigenvalue weighted by Gasteiger charge is 2.25. The van der Waals surface area contributed by atoms with Crippen LogP contribution in [0.5, 0.6) is 5.75 Å². The first-order chi connectivity index (χ1) is 36.0. The molecule has 0 radical (unpaired) electrons. The topological polar surface area (TPSA) is 50.9 Å². The number of pyridine rings is 1. The van der Waals surface area contributed by atoms with Gasteiger partial charge in [0.05, 0.1) is 37.6 Å². The zero-order valence-corrected chi connectivity index (χ0v) is 38.6. The van der Waals surface area contributed by atoms with Crippen LogP contribution in [0.3, 0.4) is 0 Å². The van der Waals surface area contributed by atoms with Gasteiger partial charge in [-0.15, -0.1) is 0 Å². The van der Waals surface area contributed by atoms with Gasteiger partial charge < -0.3 is 5.11 Å². The molecule has 0 unspecified atom stereocenters. The summed E-state index contributed by atoms with van der Waals surface area (Å²) in [6, 6.07) is 21.9. The van der Waals surface area contributed by atoms with E-state index in [1.165, 1.54) is 0 Å². The lowest BCUT2D eigenvalue weighted by Gasteiger charge is -2.22. The number of rotatable bonds is 10. The van der Waals surface area contributed by atoms with Crippen molar-refractivity contribution >= 4 is 11.0 Å². The van der Waals surface area contributed by atoms with Crippen LogP contribution in [0.4, 0.5) is 0 Å². The molecule has 0 amide bonds. The Morgan fingerprint density at radius 2 is 1.36 bits per heavy atom. The molecule has 0 aliphatic carbocycles. The number of nitrogens with zero attached hydrogens (tertiary/aromatic N) is 3. The standard InChI is InChI=1S/C60H65N3O/c1-35(2)44-26-45(36(3)4)28-47(27-44)42-21-22-55(40(10)25-42)63-56-16-14-15-51(57(56)62-59(63)53-33-46(37(5)6)32-52(38(7)8)58(53)64)48-29-49(31-50(30-48)60(11,12)13)54-34-43(23-24-61-54)41-19-17-39(9)18-20-41/h14-38,64H,1-13H3/i9D3,10D3,17D,18D,19D,20D,23D,24D,34D,35D. The zero-order valence-electron chi connectivity index (χ0n) is 52.6. The quantitative estimate of drug-likeness (QED) is 0.149. The van der Waals surface area contributed by atoms with Gasteiger partial charge in [0.1, 0.15) is 11.6 Å². The minimum atomic E-state index is -3.00. The smallest absolute Gasteiger partial charge is 0.149 e. The predicted molar refractivity (Wildman–Crippen MR) is 272 cm³/mol. The van der Waals surface area contributed by atoms with Crippen molar-refractivity contribution in [2.45, 2.75) is 119 Å². The Labute approximate surface area is 401 Å². The molecule has 4 nitrogen and oxygen atoms in total. The highest BCUT2D eigenvalue weighted by molar-refractivity contribution is 5.97. The lowest BCUT2D eigenvalue weighted by Crippen LogP contribution is -2.11. The van der Waals surface area contributed by atoms with Crippen LogP contribution < -0.4 is 0 Å². The summed E-state index contributed by atoms with van der Waals surface area (Å²) in [7, 11) is 0. The molecule has 64 heavy (non-hydrogen) atoms. The Balaban J connectivity index is 1.46. The van der Waals surface area contributed by atoms with Crippen LogP contribution in [0.25, 0.3) is 72.7 Å². The fourth-order valence-corrected chi connectivity index (χ4v) is 8.10. The van der Waals surface area contributed by atoms with Crippen molar-refractivity contribution in [1.82, 2.24) is 14.5 Å². The van der Waals surface area contributed by atoms with Gasteiger partial charge in [-0.25, -0.2) is 4.98 Å². The number of aromatic hydroxyl groups is 1. The van der Waals surface area contributed by atoms with Gasteiger partial charge in [0.25, 0.3) is 0 Å². The molecule has 326 valence electrons. The Kier molecular flexibility index (Phi) is 8.14. The molecule has 0 fully saturated rings. The first kappa shape index (κ1) is 30.0. The molecule has 2 heterocycles. The lowest BCUT2D eigenvalue weighted by atomic mass is 9.83. The molecule has 1 N–H and O–H groups in total. The van der Waals surface area contributed by atoms with E-state index in [4.69, 9.17) is 22.8 Å². The fraction of sp³-hybridized carbons (Fsp3) is 0.300. The van der Waals surface area contributed by atoms with E-state index in [0.29, 0.717) is 50.1 Å². The molecule has 4 heteroatoms. The molecule has 0 atom stereocenters. The molecule has 0 saturated carbocycles. The van der Waals surface area contributed by atoms with Gasteiger partial charge >= 0.3 is 0 Å². The third-order valence-corrected chi connectivity index (χ3v) is 12.0. The first-order valence-electron chi connectivity index (χ1n) is 29.0. The summed E-state index contributed by atoms with van der Waals surface area (Å²) in [5.74, 6) is -0.595. The highest BCUT2D eigenvalue weighted by atomic mass is 16.3. The average molecular weight is 858 g/mol. The summed E-state index contributed by atoms with van der Waals surface area (Å²) in [4.78, 5) is 9.82. The van der Waals surface area contributed by atoms with E-state index in [1.807, 2.05) is 109 Å². The van der Waals surface area contributed by atoms with Gasteiger partial charge in [0, 0.05) is 26.9 Å². The molecule has 0 spiro atoms. The van der Waals surface area contributed by atoms with E-state index in [2.05, 4.69) is 32.7 Å². The molecule has 8 aromatic rings. The van der Waals surface area contributed by atoms with Gasteiger partial charge in [-0.1, -0.05) is 154 Å². The molecule has 0 bridgehead atoms. The number of benzene rings is 6. The predicted octanol–water partition coefficient (Wildman–Crippen LogP) is 16.9. The molecule has 2 aromatic heterocycles. The SMILES string of the molecule is [2H]c1nc(-c2cc(-c3cccc4c3nc(-c3cc(C(C)C)cc(C(C)C)c3O)n4-c3ccc(-c4cc(C(C)C)cc(C([2H])(C)C)c4)cc3C([2H])([2H])[2H])cc(C(C)(C)C)c2)c([2H])c(-c2c([2H])c([2H])c(C([2H])([2H])[2H])c([2H])c2[2H])c1[2H]. The minimum absolute atomic E-state index is 0.00342. The van der Waals surface area contributed by atoms with Gasteiger partial charge in [0.2, 0.25) is 0 Å².